The molecule has 0 aliphatic heterocycles. The summed E-state index contributed by atoms with van der Waals surface area (Å²) in [5.41, 5.74) is 4.22. The number of hydrogen-bond donors (Lipinski definition) is 1. The van der Waals surface area contributed by atoms with Gasteiger partial charge >= 0.3 is 0 Å². The first-order valence-corrected chi connectivity index (χ1v) is 7.06. The monoisotopic (exact) mass is 316 g/mol. The molecule has 0 saturated carbocycles. The molecule has 1 aromatic heterocycles. The fraction of sp³-hybridized carbons (Fsp3) is 0.200. The lowest BCUT2D eigenvalue weighted by molar-refractivity contribution is 0.102. The standard InChI is InChI=1S/C15H13BrN2O/c16-14-9-12(6-7-17-14)15(19)18-13-5-4-10-2-1-3-11(10)8-13/h4-9H,1-3H2,(H,18,19). The van der Waals surface area contributed by atoms with E-state index in [4.69, 9.17) is 0 Å². The van der Waals surface area contributed by atoms with Crippen molar-refractivity contribution in [1.29, 1.82) is 0 Å². The van der Waals surface area contributed by atoms with E-state index in [2.05, 4.69) is 38.4 Å². The van der Waals surface area contributed by atoms with E-state index in [0.717, 1.165) is 18.5 Å². The van der Waals surface area contributed by atoms with Gasteiger partial charge in [0, 0.05) is 17.4 Å². The van der Waals surface area contributed by atoms with Gasteiger partial charge in [-0.1, -0.05) is 6.07 Å². The number of rotatable bonds is 2. The molecule has 1 aliphatic rings. The van der Waals surface area contributed by atoms with Crippen molar-refractivity contribution >= 4 is 27.5 Å². The van der Waals surface area contributed by atoms with Crippen LogP contribution >= 0.6 is 15.9 Å². The zero-order chi connectivity index (χ0) is 13.2. The predicted molar refractivity (Wildman–Crippen MR) is 78.4 cm³/mol. The Bertz CT molecular complexity index is 640. The molecule has 1 heterocycles. The quantitative estimate of drug-likeness (QED) is 0.860. The maximum atomic E-state index is 12.1. The predicted octanol–water partition coefficient (Wildman–Crippen LogP) is 3.59. The van der Waals surface area contributed by atoms with Crippen molar-refractivity contribution in [2.45, 2.75) is 19.3 Å². The highest BCUT2D eigenvalue weighted by Crippen LogP contribution is 2.25. The minimum absolute atomic E-state index is 0.110. The van der Waals surface area contributed by atoms with Gasteiger partial charge in [-0.2, -0.15) is 0 Å². The van der Waals surface area contributed by atoms with Crippen LogP contribution in [0.4, 0.5) is 5.69 Å². The number of hydrogen-bond acceptors (Lipinski definition) is 2. The van der Waals surface area contributed by atoms with Crippen LogP contribution in [0.2, 0.25) is 0 Å². The number of carbonyl (C=O) groups is 1. The van der Waals surface area contributed by atoms with E-state index in [1.807, 2.05) is 6.07 Å². The number of carbonyl (C=O) groups excluding carboxylic acids is 1. The van der Waals surface area contributed by atoms with Crippen LogP contribution in [-0.4, -0.2) is 10.9 Å². The fourth-order valence-corrected chi connectivity index (χ4v) is 2.76. The summed E-state index contributed by atoms with van der Waals surface area (Å²) in [5.74, 6) is -0.110. The molecule has 4 heteroatoms. The fourth-order valence-electron chi connectivity index (χ4n) is 2.40. The first kappa shape index (κ1) is 12.4. The van der Waals surface area contributed by atoms with E-state index in [1.165, 1.54) is 17.5 Å². The lowest BCUT2D eigenvalue weighted by Crippen LogP contribution is -2.12. The highest BCUT2D eigenvalue weighted by Gasteiger charge is 2.12. The number of benzene rings is 1. The number of aryl methyl sites for hydroxylation is 2. The van der Waals surface area contributed by atoms with Crippen LogP contribution in [0.1, 0.15) is 27.9 Å². The van der Waals surface area contributed by atoms with Crippen molar-refractivity contribution < 1.29 is 4.79 Å². The lowest BCUT2D eigenvalue weighted by atomic mass is 10.1. The molecule has 1 N–H and O–H groups in total. The molecular formula is C15H13BrN2O. The summed E-state index contributed by atoms with van der Waals surface area (Å²) in [4.78, 5) is 16.1. The van der Waals surface area contributed by atoms with Gasteiger partial charge < -0.3 is 5.32 Å². The molecule has 0 saturated heterocycles. The van der Waals surface area contributed by atoms with Crippen molar-refractivity contribution in [3.05, 3.63) is 57.8 Å². The van der Waals surface area contributed by atoms with Gasteiger partial charge in [0.2, 0.25) is 0 Å². The molecule has 96 valence electrons. The van der Waals surface area contributed by atoms with Gasteiger partial charge in [-0.25, -0.2) is 4.98 Å². The number of nitrogens with zero attached hydrogens (tertiary/aromatic N) is 1. The first-order valence-electron chi connectivity index (χ1n) is 6.27. The minimum atomic E-state index is -0.110. The third-order valence-electron chi connectivity index (χ3n) is 3.35. The van der Waals surface area contributed by atoms with Gasteiger partial charge in [0.15, 0.2) is 0 Å². The maximum absolute atomic E-state index is 12.1. The molecule has 1 amide bonds. The van der Waals surface area contributed by atoms with E-state index < -0.39 is 0 Å². The second-order valence-electron chi connectivity index (χ2n) is 4.66. The SMILES string of the molecule is O=C(Nc1ccc2c(c1)CCC2)c1ccnc(Br)c1. The third-order valence-corrected chi connectivity index (χ3v) is 3.78. The zero-order valence-electron chi connectivity index (χ0n) is 10.3. The van der Waals surface area contributed by atoms with Crippen molar-refractivity contribution in [3.8, 4) is 0 Å². The Labute approximate surface area is 120 Å². The van der Waals surface area contributed by atoms with E-state index in [9.17, 15) is 4.79 Å². The van der Waals surface area contributed by atoms with Crippen LogP contribution in [0.15, 0.2) is 41.1 Å². The molecule has 0 spiro atoms. The Balaban J connectivity index is 1.80. The molecule has 0 atom stereocenters. The van der Waals surface area contributed by atoms with Crippen LogP contribution in [-0.2, 0) is 12.8 Å². The summed E-state index contributed by atoms with van der Waals surface area (Å²) in [6.45, 7) is 0. The van der Waals surface area contributed by atoms with Gasteiger partial charge in [-0.15, -0.1) is 0 Å². The average Bonchev–Trinajstić information content (AvgIpc) is 2.86. The molecule has 19 heavy (non-hydrogen) atoms. The summed E-state index contributed by atoms with van der Waals surface area (Å²) in [5, 5.41) is 2.93. The van der Waals surface area contributed by atoms with E-state index in [0.29, 0.717) is 10.2 Å². The largest absolute Gasteiger partial charge is 0.322 e. The molecule has 0 radical (unpaired) electrons. The number of pyridine rings is 1. The lowest BCUT2D eigenvalue weighted by Gasteiger charge is -2.07. The molecule has 0 unspecified atom stereocenters. The summed E-state index contributed by atoms with van der Waals surface area (Å²) in [6.07, 6.45) is 5.09. The number of amides is 1. The van der Waals surface area contributed by atoms with Gasteiger partial charge in [0.25, 0.3) is 5.91 Å². The smallest absolute Gasteiger partial charge is 0.255 e. The second kappa shape index (κ2) is 5.13. The maximum Gasteiger partial charge on any atom is 0.255 e. The Kier molecular flexibility index (Phi) is 3.34. The summed E-state index contributed by atoms with van der Waals surface area (Å²) < 4.78 is 0.661. The highest BCUT2D eigenvalue weighted by atomic mass is 79.9. The molecular weight excluding hydrogens is 304 g/mol. The van der Waals surface area contributed by atoms with Crippen molar-refractivity contribution in [2.75, 3.05) is 5.32 Å². The third kappa shape index (κ3) is 2.68. The van der Waals surface area contributed by atoms with Gasteiger partial charge in [0.1, 0.15) is 4.60 Å². The zero-order valence-corrected chi connectivity index (χ0v) is 11.9. The molecule has 0 fully saturated rings. The second-order valence-corrected chi connectivity index (χ2v) is 5.47. The molecule has 2 aromatic rings. The van der Waals surface area contributed by atoms with Crippen molar-refractivity contribution in [1.82, 2.24) is 4.98 Å². The Morgan fingerprint density at radius 2 is 2.00 bits per heavy atom. The molecule has 0 bridgehead atoms. The van der Waals surface area contributed by atoms with E-state index in [-0.39, 0.29) is 5.91 Å². The molecule has 3 nitrogen and oxygen atoms in total. The summed E-state index contributed by atoms with van der Waals surface area (Å²) in [6, 6.07) is 9.57. The average molecular weight is 317 g/mol. The number of aromatic nitrogens is 1. The van der Waals surface area contributed by atoms with Crippen LogP contribution in [0.25, 0.3) is 0 Å². The van der Waals surface area contributed by atoms with Crippen LogP contribution in [0.5, 0.6) is 0 Å². The number of halogens is 1. The number of anilines is 1. The van der Waals surface area contributed by atoms with Gasteiger partial charge in [-0.05, 0) is 70.6 Å². The Morgan fingerprint density at radius 1 is 1.16 bits per heavy atom. The van der Waals surface area contributed by atoms with Crippen molar-refractivity contribution in [3.63, 3.8) is 0 Å². The minimum Gasteiger partial charge on any atom is -0.322 e. The van der Waals surface area contributed by atoms with Crippen molar-refractivity contribution in [2.24, 2.45) is 0 Å². The molecule has 3 rings (SSSR count). The van der Waals surface area contributed by atoms with Crippen LogP contribution in [0.3, 0.4) is 0 Å². The number of fused-ring (bicyclic) bond motifs is 1. The Hall–Kier alpha value is -1.68. The van der Waals surface area contributed by atoms with Gasteiger partial charge in [0.05, 0.1) is 0 Å². The van der Waals surface area contributed by atoms with Crippen LogP contribution < -0.4 is 5.32 Å². The molecule has 1 aromatic carbocycles. The highest BCUT2D eigenvalue weighted by molar-refractivity contribution is 9.10. The topological polar surface area (TPSA) is 42.0 Å². The summed E-state index contributed by atoms with van der Waals surface area (Å²) >= 11 is 3.27. The first-order chi connectivity index (χ1) is 9.22. The molecule has 1 aliphatic carbocycles. The summed E-state index contributed by atoms with van der Waals surface area (Å²) in [7, 11) is 0. The van der Waals surface area contributed by atoms with E-state index in [1.54, 1.807) is 18.3 Å². The normalized spacial score (nSPS) is 13.1. The van der Waals surface area contributed by atoms with E-state index >= 15 is 0 Å². The Morgan fingerprint density at radius 3 is 2.84 bits per heavy atom. The number of nitrogens with one attached hydrogen (secondary N) is 1. The van der Waals surface area contributed by atoms with Gasteiger partial charge in [-0.3, -0.25) is 4.79 Å². The van der Waals surface area contributed by atoms with Crippen LogP contribution in [0, 0.1) is 0 Å².